The first-order chi connectivity index (χ1) is 13.9. The molecule has 1 saturated heterocycles. The molecule has 2 unspecified atom stereocenters. The lowest BCUT2D eigenvalue weighted by atomic mass is 10.1. The van der Waals surface area contributed by atoms with Gasteiger partial charge < -0.3 is 16.0 Å². The zero-order chi connectivity index (χ0) is 21.0. The van der Waals surface area contributed by atoms with Crippen LogP contribution in [0.4, 0.5) is 5.82 Å². The number of carbonyl (C=O) groups excluding carboxylic acids is 3. The van der Waals surface area contributed by atoms with Gasteiger partial charge in [-0.05, 0) is 31.0 Å². The van der Waals surface area contributed by atoms with Crippen molar-refractivity contribution in [2.24, 2.45) is 0 Å². The van der Waals surface area contributed by atoms with Crippen LogP contribution in [-0.4, -0.2) is 33.5 Å². The second-order valence-corrected chi connectivity index (χ2v) is 7.26. The summed E-state index contributed by atoms with van der Waals surface area (Å²) >= 11 is 5.83. The second kappa shape index (κ2) is 9.06. The number of benzene rings is 1. The minimum Gasteiger partial charge on any atom is -0.344 e. The van der Waals surface area contributed by atoms with Crippen molar-refractivity contribution in [1.82, 2.24) is 25.7 Å². The van der Waals surface area contributed by atoms with Gasteiger partial charge in [0.2, 0.25) is 5.91 Å². The van der Waals surface area contributed by atoms with E-state index in [1.54, 1.807) is 37.3 Å². The molecule has 1 aliphatic rings. The van der Waals surface area contributed by atoms with Gasteiger partial charge in [-0.25, -0.2) is 4.68 Å². The molecule has 29 heavy (non-hydrogen) atoms. The van der Waals surface area contributed by atoms with Gasteiger partial charge in [-0.3, -0.25) is 19.7 Å². The highest BCUT2D eigenvalue weighted by Crippen LogP contribution is 2.18. The molecule has 3 rings (SSSR count). The summed E-state index contributed by atoms with van der Waals surface area (Å²) < 4.78 is 1.46. The molecule has 3 amide bonds. The molecule has 0 aliphatic carbocycles. The Morgan fingerprint density at radius 2 is 2.00 bits per heavy atom. The molecule has 1 fully saturated rings. The number of amides is 3. The van der Waals surface area contributed by atoms with Crippen molar-refractivity contribution >= 4 is 35.1 Å². The summed E-state index contributed by atoms with van der Waals surface area (Å²) in [4.78, 5) is 36.4. The molecule has 9 nitrogen and oxygen atoms in total. The lowest BCUT2D eigenvalue weighted by molar-refractivity contribution is -0.136. The first-order valence-corrected chi connectivity index (χ1v) is 9.68. The highest BCUT2D eigenvalue weighted by molar-refractivity contribution is 6.39. The average molecular weight is 419 g/mol. The van der Waals surface area contributed by atoms with Crippen LogP contribution in [0.3, 0.4) is 0 Å². The zero-order valence-electron chi connectivity index (χ0n) is 16.2. The molecule has 2 aromatic rings. The fraction of sp³-hybridized carbons (Fsp3) is 0.368. The lowest BCUT2D eigenvalue weighted by Crippen LogP contribution is -2.53. The van der Waals surface area contributed by atoms with E-state index in [2.05, 4.69) is 26.4 Å². The number of hydrogen-bond donors (Lipinski definition) is 4. The molecule has 10 heteroatoms. The van der Waals surface area contributed by atoms with E-state index in [9.17, 15) is 14.4 Å². The van der Waals surface area contributed by atoms with Gasteiger partial charge in [0.05, 0.1) is 5.69 Å². The minimum atomic E-state index is -0.825. The van der Waals surface area contributed by atoms with Crippen molar-refractivity contribution in [2.45, 2.75) is 45.6 Å². The van der Waals surface area contributed by atoms with Crippen molar-refractivity contribution in [2.75, 3.05) is 5.32 Å². The van der Waals surface area contributed by atoms with E-state index in [-0.39, 0.29) is 18.5 Å². The topological polar surface area (TPSA) is 117 Å². The number of nitrogens with zero attached hydrogens (tertiary/aromatic N) is 2. The number of aryl methyl sites for hydroxylation is 1. The van der Waals surface area contributed by atoms with E-state index < -0.39 is 18.1 Å². The maximum absolute atomic E-state index is 12.3. The van der Waals surface area contributed by atoms with E-state index >= 15 is 0 Å². The van der Waals surface area contributed by atoms with E-state index in [1.807, 2.05) is 6.92 Å². The summed E-state index contributed by atoms with van der Waals surface area (Å²) in [7, 11) is 0. The van der Waals surface area contributed by atoms with Crippen molar-refractivity contribution < 1.29 is 14.4 Å². The third-order valence-corrected chi connectivity index (χ3v) is 4.78. The van der Waals surface area contributed by atoms with Gasteiger partial charge in [-0.2, -0.15) is 5.10 Å². The smallest absolute Gasteiger partial charge is 0.314 e. The van der Waals surface area contributed by atoms with Crippen LogP contribution in [0, 0.1) is 6.92 Å². The number of rotatable bonds is 5. The van der Waals surface area contributed by atoms with Gasteiger partial charge in [-0.1, -0.05) is 30.7 Å². The van der Waals surface area contributed by atoms with E-state index in [0.717, 1.165) is 12.0 Å². The molecule has 4 N–H and O–H groups in total. The largest absolute Gasteiger partial charge is 0.344 e. The maximum Gasteiger partial charge on any atom is 0.314 e. The van der Waals surface area contributed by atoms with Crippen LogP contribution in [0.2, 0.25) is 5.02 Å². The number of nitrogens with one attached hydrogen (secondary N) is 4. The molecule has 1 aromatic heterocycles. The molecule has 2 heterocycles. The summed E-state index contributed by atoms with van der Waals surface area (Å²) in [6, 6.07) is 8.58. The monoisotopic (exact) mass is 418 g/mol. The van der Waals surface area contributed by atoms with Crippen LogP contribution in [0.25, 0.3) is 0 Å². The Labute approximate surface area is 173 Å². The van der Waals surface area contributed by atoms with Gasteiger partial charge in [-0.15, -0.1) is 0 Å². The Balaban J connectivity index is 1.65. The molecule has 0 radical (unpaired) electrons. The van der Waals surface area contributed by atoms with Crippen LogP contribution in [0.5, 0.6) is 0 Å². The van der Waals surface area contributed by atoms with Crippen molar-refractivity contribution in [3.05, 3.63) is 46.6 Å². The van der Waals surface area contributed by atoms with Crippen LogP contribution in [0.1, 0.15) is 37.3 Å². The number of carbonyl (C=O) groups is 3. The van der Waals surface area contributed by atoms with Gasteiger partial charge in [0.25, 0.3) is 0 Å². The number of hydrogen-bond acceptors (Lipinski definition) is 5. The first kappa shape index (κ1) is 20.8. The average Bonchev–Trinajstić information content (AvgIpc) is 3.06. The molecule has 0 saturated carbocycles. The summed E-state index contributed by atoms with van der Waals surface area (Å²) in [5, 5.41) is 16.1. The van der Waals surface area contributed by atoms with Crippen LogP contribution >= 0.6 is 11.6 Å². The fourth-order valence-electron chi connectivity index (χ4n) is 3.00. The minimum absolute atomic E-state index is 0.00415. The SMILES string of the molecule is CCC1CC(=O)NC(n2nc(C)cc2NC(=O)C(=O)NCc2ccc(Cl)cc2)N1. The van der Waals surface area contributed by atoms with Crippen molar-refractivity contribution in [3.8, 4) is 0 Å². The normalized spacial score (nSPS) is 18.8. The third-order valence-electron chi connectivity index (χ3n) is 4.53. The van der Waals surface area contributed by atoms with Crippen molar-refractivity contribution in [1.29, 1.82) is 0 Å². The number of anilines is 1. The quantitative estimate of drug-likeness (QED) is 0.548. The predicted molar refractivity (Wildman–Crippen MR) is 108 cm³/mol. The van der Waals surface area contributed by atoms with Gasteiger partial charge >= 0.3 is 11.8 Å². The van der Waals surface area contributed by atoms with E-state index in [0.29, 0.717) is 23.0 Å². The fourth-order valence-corrected chi connectivity index (χ4v) is 3.12. The molecule has 154 valence electrons. The third kappa shape index (κ3) is 5.33. The van der Waals surface area contributed by atoms with Gasteiger partial charge in [0.1, 0.15) is 5.82 Å². The Morgan fingerprint density at radius 3 is 2.69 bits per heavy atom. The molecule has 0 bridgehead atoms. The van der Waals surface area contributed by atoms with E-state index in [4.69, 9.17) is 11.6 Å². The molecular weight excluding hydrogens is 396 g/mol. The number of halogens is 1. The van der Waals surface area contributed by atoms with E-state index in [1.165, 1.54) is 4.68 Å². The maximum atomic E-state index is 12.3. The Hall–Kier alpha value is -2.91. The predicted octanol–water partition coefficient (Wildman–Crippen LogP) is 1.44. The van der Waals surface area contributed by atoms with Crippen molar-refractivity contribution in [3.63, 3.8) is 0 Å². The summed E-state index contributed by atoms with van der Waals surface area (Å²) in [6.07, 6.45) is 0.545. The summed E-state index contributed by atoms with van der Waals surface area (Å²) in [5.41, 5.74) is 1.45. The Morgan fingerprint density at radius 1 is 1.28 bits per heavy atom. The standard InChI is InChI=1S/C19H23ClN6O3/c1-3-14-9-16(27)24-19(22-14)26-15(8-11(2)25-26)23-18(29)17(28)21-10-12-4-6-13(20)7-5-12/h4-8,14,19,22H,3,9-10H2,1-2H3,(H,21,28)(H,23,29)(H,24,27). The second-order valence-electron chi connectivity index (χ2n) is 6.82. The van der Waals surface area contributed by atoms with Gasteiger partial charge in [0.15, 0.2) is 6.29 Å². The summed E-state index contributed by atoms with van der Waals surface area (Å²) in [6.45, 7) is 3.93. The Kier molecular flexibility index (Phi) is 6.50. The van der Waals surface area contributed by atoms with Crippen LogP contribution in [0.15, 0.2) is 30.3 Å². The number of aromatic nitrogens is 2. The Bertz CT molecular complexity index is 911. The van der Waals surface area contributed by atoms with Crippen LogP contribution < -0.4 is 21.3 Å². The van der Waals surface area contributed by atoms with Gasteiger partial charge in [0, 0.05) is 30.1 Å². The molecule has 0 spiro atoms. The van der Waals surface area contributed by atoms with Crippen LogP contribution in [-0.2, 0) is 20.9 Å². The molecular formula is C19H23ClN6O3. The molecule has 1 aliphatic heterocycles. The highest BCUT2D eigenvalue weighted by Gasteiger charge is 2.28. The summed E-state index contributed by atoms with van der Waals surface area (Å²) in [5.74, 6) is -1.40. The molecule has 1 aromatic carbocycles. The molecule has 2 atom stereocenters. The lowest BCUT2D eigenvalue weighted by Gasteiger charge is -2.31. The first-order valence-electron chi connectivity index (χ1n) is 9.31. The zero-order valence-corrected chi connectivity index (χ0v) is 16.9. The highest BCUT2D eigenvalue weighted by atomic mass is 35.5.